The first-order valence-corrected chi connectivity index (χ1v) is 6.75. The van der Waals surface area contributed by atoms with E-state index in [9.17, 15) is 0 Å². The molecule has 2 unspecified atom stereocenters. The van der Waals surface area contributed by atoms with Crippen LogP contribution in [-0.4, -0.2) is 4.98 Å². The predicted octanol–water partition coefficient (Wildman–Crippen LogP) is 3.95. The Hall–Kier alpha value is -1.11. The van der Waals surface area contributed by atoms with Gasteiger partial charge in [0, 0.05) is 23.2 Å². The Morgan fingerprint density at radius 3 is 3.00 bits per heavy atom. The molecule has 1 aromatic rings. The van der Waals surface area contributed by atoms with Crippen LogP contribution in [0.15, 0.2) is 24.5 Å². The summed E-state index contributed by atoms with van der Waals surface area (Å²) in [6.07, 6.45) is 14.4. The lowest BCUT2D eigenvalue weighted by Crippen LogP contribution is -2.37. The van der Waals surface area contributed by atoms with E-state index in [1.165, 1.54) is 36.8 Å². The van der Waals surface area contributed by atoms with Crippen molar-refractivity contribution in [1.29, 1.82) is 0 Å². The van der Waals surface area contributed by atoms with Gasteiger partial charge in [0.05, 0.1) is 0 Å². The van der Waals surface area contributed by atoms with Crippen LogP contribution in [0.25, 0.3) is 6.08 Å². The highest BCUT2D eigenvalue weighted by molar-refractivity contribution is 5.66. The van der Waals surface area contributed by atoms with E-state index in [1.807, 2.05) is 6.20 Å². The SMILES string of the molecule is CC1(C)CCCC23CC12C=Cc1ccncc13. The first kappa shape index (κ1) is 9.87. The fourth-order valence-electron chi connectivity index (χ4n) is 4.78. The Balaban J connectivity index is 1.96. The quantitative estimate of drug-likeness (QED) is 0.651. The maximum absolute atomic E-state index is 4.37. The van der Waals surface area contributed by atoms with Crippen molar-refractivity contribution in [2.24, 2.45) is 10.8 Å². The lowest BCUT2D eigenvalue weighted by atomic mass is 9.60. The van der Waals surface area contributed by atoms with Crippen molar-refractivity contribution in [1.82, 2.24) is 4.98 Å². The smallest absolute Gasteiger partial charge is 0.0311 e. The summed E-state index contributed by atoms with van der Waals surface area (Å²) in [6.45, 7) is 4.92. The third-order valence-electron chi connectivity index (χ3n) is 5.84. The molecule has 0 N–H and O–H groups in total. The van der Waals surface area contributed by atoms with E-state index in [0.717, 1.165) is 0 Å². The summed E-state index contributed by atoms with van der Waals surface area (Å²) in [6, 6.07) is 2.17. The number of hydrogen-bond acceptors (Lipinski definition) is 1. The molecule has 2 saturated carbocycles. The number of rotatable bonds is 0. The minimum atomic E-state index is 0.438. The Bertz CT molecular complexity index is 528. The van der Waals surface area contributed by atoms with Crippen LogP contribution < -0.4 is 0 Å². The van der Waals surface area contributed by atoms with Crippen molar-refractivity contribution >= 4 is 6.08 Å². The van der Waals surface area contributed by atoms with E-state index in [-0.39, 0.29) is 0 Å². The third kappa shape index (κ3) is 0.919. The van der Waals surface area contributed by atoms with Crippen LogP contribution >= 0.6 is 0 Å². The molecule has 4 rings (SSSR count). The first-order chi connectivity index (χ1) is 8.11. The van der Waals surface area contributed by atoms with Crippen LogP contribution in [-0.2, 0) is 5.41 Å². The molecule has 0 aromatic carbocycles. The Morgan fingerprint density at radius 1 is 1.24 bits per heavy atom. The van der Waals surface area contributed by atoms with Crippen molar-refractivity contribution in [2.45, 2.75) is 44.9 Å². The number of hydrogen-bond donors (Lipinski definition) is 0. The molecule has 1 nitrogen and oxygen atoms in total. The first-order valence-electron chi connectivity index (χ1n) is 6.75. The van der Waals surface area contributed by atoms with E-state index in [1.54, 1.807) is 0 Å². The normalized spacial score (nSPS) is 40.1. The summed E-state index contributed by atoms with van der Waals surface area (Å²) in [5, 5.41) is 0. The minimum Gasteiger partial charge on any atom is -0.264 e. The van der Waals surface area contributed by atoms with E-state index < -0.39 is 0 Å². The van der Waals surface area contributed by atoms with E-state index >= 15 is 0 Å². The number of pyridine rings is 1. The molecule has 0 aliphatic heterocycles. The van der Waals surface area contributed by atoms with Crippen LogP contribution in [0.5, 0.6) is 0 Å². The lowest BCUT2D eigenvalue weighted by Gasteiger charge is -2.44. The van der Waals surface area contributed by atoms with Gasteiger partial charge in [0.15, 0.2) is 0 Å². The summed E-state index contributed by atoms with van der Waals surface area (Å²) in [5.74, 6) is 0. The summed E-state index contributed by atoms with van der Waals surface area (Å²) in [7, 11) is 0. The molecule has 2 atom stereocenters. The molecule has 3 aliphatic carbocycles. The average Bonchev–Trinajstić information content (AvgIpc) is 3.01. The largest absolute Gasteiger partial charge is 0.264 e. The number of nitrogens with zero attached hydrogens (tertiary/aromatic N) is 1. The van der Waals surface area contributed by atoms with Gasteiger partial charge in [-0.15, -0.1) is 0 Å². The van der Waals surface area contributed by atoms with Crippen molar-refractivity contribution in [3.05, 3.63) is 35.7 Å². The molecule has 0 radical (unpaired) electrons. The summed E-state index contributed by atoms with van der Waals surface area (Å²) in [5.41, 5.74) is 4.26. The minimum absolute atomic E-state index is 0.438. The van der Waals surface area contributed by atoms with E-state index in [2.05, 4.69) is 43.2 Å². The molecular formula is C16H19N. The number of aromatic nitrogens is 1. The fourth-order valence-corrected chi connectivity index (χ4v) is 4.78. The van der Waals surface area contributed by atoms with Gasteiger partial charge in [-0.3, -0.25) is 4.98 Å². The van der Waals surface area contributed by atoms with E-state index in [4.69, 9.17) is 0 Å². The Kier molecular flexibility index (Phi) is 1.54. The second-order valence-corrected chi connectivity index (χ2v) is 6.76. The van der Waals surface area contributed by atoms with Crippen molar-refractivity contribution in [3.63, 3.8) is 0 Å². The van der Waals surface area contributed by atoms with Gasteiger partial charge < -0.3 is 0 Å². The molecular weight excluding hydrogens is 206 g/mol. The lowest BCUT2D eigenvalue weighted by molar-refractivity contribution is 0.142. The highest BCUT2D eigenvalue weighted by Crippen LogP contribution is 2.79. The molecule has 88 valence electrons. The second kappa shape index (κ2) is 2.66. The molecule has 1 aromatic heterocycles. The van der Waals surface area contributed by atoms with Crippen LogP contribution in [0.1, 0.15) is 50.7 Å². The molecule has 17 heavy (non-hydrogen) atoms. The molecule has 3 aliphatic rings. The molecule has 1 heteroatoms. The van der Waals surface area contributed by atoms with Gasteiger partial charge in [0.25, 0.3) is 0 Å². The van der Waals surface area contributed by atoms with Gasteiger partial charge >= 0.3 is 0 Å². The molecule has 1 heterocycles. The molecule has 0 saturated heterocycles. The maximum Gasteiger partial charge on any atom is 0.0311 e. The standard InChI is InChI=1S/C16H19N/c1-14(2)6-3-7-15-11-16(14,15)8-4-12-5-9-17-10-13(12)15/h4-5,8-10H,3,6-7,11H2,1-2H3. The van der Waals surface area contributed by atoms with Gasteiger partial charge in [0.1, 0.15) is 0 Å². The van der Waals surface area contributed by atoms with Crippen molar-refractivity contribution in [2.75, 3.05) is 0 Å². The summed E-state index contributed by atoms with van der Waals surface area (Å²) < 4.78 is 0. The van der Waals surface area contributed by atoms with Crippen LogP contribution in [0.3, 0.4) is 0 Å². The molecule has 0 amide bonds. The zero-order valence-corrected chi connectivity index (χ0v) is 10.7. The predicted molar refractivity (Wildman–Crippen MR) is 69.6 cm³/mol. The fraction of sp³-hybridized carbons (Fsp3) is 0.562. The van der Waals surface area contributed by atoms with Gasteiger partial charge in [0.2, 0.25) is 0 Å². The zero-order valence-electron chi connectivity index (χ0n) is 10.7. The molecule has 0 bridgehead atoms. The topological polar surface area (TPSA) is 12.9 Å². The summed E-state index contributed by atoms with van der Waals surface area (Å²) >= 11 is 0. The van der Waals surface area contributed by atoms with E-state index in [0.29, 0.717) is 16.2 Å². The van der Waals surface area contributed by atoms with Crippen LogP contribution in [0.2, 0.25) is 0 Å². The molecule has 2 fully saturated rings. The molecule has 0 spiro atoms. The van der Waals surface area contributed by atoms with Gasteiger partial charge in [-0.25, -0.2) is 0 Å². The van der Waals surface area contributed by atoms with Crippen LogP contribution in [0, 0.1) is 10.8 Å². The Morgan fingerprint density at radius 2 is 2.12 bits per heavy atom. The maximum atomic E-state index is 4.37. The second-order valence-electron chi connectivity index (χ2n) is 6.76. The average molecular weight is 225 g/mol. The van der Waals surface area contributed by atoms with Crippen molar-refractivity contribution < 1.29 is 0 Å². The highest BCUT2D eigenvalue weighted by Gasteiger charge is 2.74. The number of allylic oxidation sites excluding steroid dienone is 1. The van der Waals surface area contributed by atoms with Gasteiger partial charge in [-0.2, -0.15) is 0 Å². The third-order valence-corrected chi connectivity index (χ3v) is 5.84. The van der Waals surface area contributed by atoms with Gasteiger partial charge in [-0.1, -0.05) is 32.4 Å². The number of fused-ring (bicyclic) bond motifs is 1. The summed E-state index contributed by atoms with van der Waals surface area (Å²) in [4.78, 5) is 4.37. The Labute approximate surface area is 103 Å². The van der Waals surface area contributed by atoms with Crippen LogP contribution in [0.4, 0.5) is 0 Å². The van der Waals surface area contributed by atoms with Gasteiger partial charge in [-0.05, 0) is 41.9 Å². The monoisotopic (exact) mass is 225 g/mol. The van der Waals surface area contributed by atoms with Crippen molar-refractivity contribution in [3.8, 4) is 0 Å². The zero-order chi connectivity index (χ0) is 11.7. The highest BCUT2D eigenvalue weighted by atomic mass is 14.8.